The number of hydrogen-bond donors (Lipinski definition) is 1. The highest BCUT2D eigenvalue weighted by atomic mass is 14.8. The quantitative estimate of drug-likeness (QED) is 0.745. The van der Waals surface area contributed by atoms with E-state index in [0.29, 0.717) is 0 Å². The normalized spacial score (nSPS) is 10.9. The summed E-state index contributed by atoms with van der Waals surface area (Å²) in [5, 5.41) is 4.71. The van der Waals surface area contributed by atoms with Crippen LogP contribution in [0.15, 0.2) is 36.5 Å². The Morgan fingerprint density at radius 2 is 2.00 bits per heavy atom. The second kappa shape index (κ2) is 7.12. The summed E-state index contributed by atoms with van der Waals surface area (Å²) < 4.78 is 0. The van der Waals surface area contributed by atoms with Crippen LogP contribution in [0.5, 0.6) is 0 Å². The average molecular weight is 242 g/mol. The van der Waals surface area contributed by atoms with Crippen molar-refractivity contribution in [2.75, 3.05) is 6.54 Å². The van der Waals surface area contributed by atoms with Crippen LogP contribution in [0.2, 0.25) is 0 Å². The SMILES string of the molecule is CCCCCCNCc1cnc2ccccc2c1. The van der Waals surface area contributed by atoms with Gasteiger partial charge in [-0.1, -0.05) is 44.4 Å². The van der Waals surface area contributed by atoms with Crippen LogP contribution in [0.25, 0.3) is 10.9 Å². The summed E-state index contributed by atoms with van der Waals surface area (Å²) in [5.41, 5.74) is 2.34. The number of hydrogen-bond acceptors (Lipinski definition) is 2. The number of pyridine rings is 1. The molecule has 96 valence electrons. The molecular weight excluding hydrogens is 220 g/mol. The maximum absolute atomic E-state index is 4.47. The van der Waals surface area contributed by atoms with E-state index < -0.39 is 0 Å². The second-order valence-electron chi connectivity index (χ2n) is 4.77. The summed E-state index contributed by atoms with van der Waals surface area (Å²) in [5.74, 6) is 0. The minimum Gasteiger partial charge on any atom is -0.313 e. The van der Waals surface area contributed by atoms with Crippen molar-refractivity contribution in [1.29, 1.82) is 0 Å². The molecule has 0 fully saturated rings. The van der Waals surface area contributed by atoms with Crippen LogP contribution >= 0.6 is 0 Å². The van der Waals surface area contributed by atoms with Gasteiger partial charge in [-0.25, -0.2) is 0 Å². The highest BCUT2D eigenvalue weighted by molar-refractivity contribution is 5.78. The summed E-state index contributed by atoms with van der Waals surface area (Å²) in [6.07, 6.45) is 7.23. The fraction of sp³-hybridized carbons (Fsp3) is 0.438. The van der Waals surface area contributed by atoms with Gasteiger partial charge in [0.05, 0.1) is 5.52 Å². The molecule has 1 aromatic heterocycles. The van der Waals surface area contributed by atoms with E-state index in [-0.39, 0.29) is 0 Å². The van der Waals surface area contributed by atoms with Crippen LogP contribution in [0.3, 0.4) is 0 Å². The monoisotopic (exact) mass is 242 g/mol. The molecule has 18 heavy (non-hydrogen) atoms. The molecule has 0 aliphatic carbocycles. The zero-order valence-corrected chi connectivity index (χ0v) is 11.2. The van der Waals surface area contributed by atoms with Crippen LogP contribution in [-0.4, -0.2) is 11.5 Å². The summed E-state index contributed by atoms with van der Waals surface area (Å²) in [7, 11) is 0. The van der Waals surface area contributed by atoms with Gasteiger partial charge < -0.3 is 5.32 Å². The number of nitrogens with zero attached hydrogens (tertiary/aromatic N) is 1. The molecule has 2 nitrogen and oxygen atoms in total. The van der Waals surface area contributed by atoms with Crippen molar-refractivity contribution in [3.63, 3.8) is 0 Å². The van der Waals surface area contributed by atoms with E-state index in [1.54, 1.807) is 0 Å². The molecule has 0 radical (unpaired) electrons. The lowest BCUT2D eigenvalue weighted by Crippen LogP contribution is -2.14. The molecule has 0 aliphatic heterocycles. The van der Waals surface area contributed by atoms with Crippen LogP contribution in [0.1, 0.15) is 38.2 Å². The van der Waals surface area contributed by atoms with Crippen molar-refractivity contribution < 1.29 is 0 Å². The predicted octanol–water partition coefficient (Wildman–Crippen LogP) is 3.90. The van der Waals surface area contributed by atoms with Gasteiger partial charge >= 0.3 is 0 Å². The highest BCUT2D eigenvalue weighted by Gasteiger charge is 1.97. The third-order valence-corrected chi connectivity index (χ3v) is 3.18. The Morgan fingerprint density at radius 3 is 2.89 bits per heavy atom. The van der Waals surface area contributed by atoms with Gasteiger partial charge in [0, 0.05) is 18.1 Å². The van der Waals surface area contributed by atoms with E-state index in [4.69, 9.17) is 0 Å². The average Bonchev–Trinajstić information content (AvgIpc) is 2.42. The smallest absolute Gasteiger partial charge is 0.0702 e. The van der Waals surface area contributed by atoms with Gasteiger partial charge in [-0.05, 0) is 30.7 Å². The van der Waals surface area contributed by atoms with Crippen molar-refractivity contribution >= 4 is 10.9 Å². The molecule has 0 unspecified atom stereocenters. The van der Waals surface area contributed by atoms with Gasteiger partial charge in [-0.2, -0.15) is 0 Å². The van der Waals surface area contributed by atoms with Crippen molar-refractivity contribution in [2.45, 2.75) is 39.2 Å². The molecule has 0 bridgehead atoms. The number of aromatic nitrogens is 1. The molecule has 1 N–H and O–H groups in total. The predicted molar refractivity (Wildman–Crippen MR) is 77.6 cm³/mol. The Balaban J connectivity index is 1.81. The third kappa shape index (κ3) is 3.81. The summed E-state index contributed by atoms with van der Waals surface area (Å²) >= 11 is 0. The molecule has 2 rings (SSSR count). The second-order valence-corrected chi connectivity index (χ2v) is 4.77. The third-order valence-electron chi connectivity index (χ3n) is 3.18. The zero-order chi connectivity index (χ0) is 12.6. The fourth-order valence-corrected chi connectivity index (χ4v) is 2.12. The van der Waals surface area contributed by atoms with E-state index in [9.17, 15) is 0 Å². The Bertz CT molecular complexity index is 479. The number of unbranched alkanes of at least 4 members (excludes halogenated alkanes) is 3. The van der Waals surface area contributed by atoms with Crippen LogP contribution in [0.4, 0.5) is 0 Å². The molecule has 2 heteroatoms. The first kappa shape index (κ1) is 13.0. The molecule has 0 saturated carbocycles. The maximum atomic E-state index is 4.47. The van der Waals surface area contributed by atoms with Crippen molar-refractivity contribution in [3.8, 4) is 0 Å². The number of benzene rings is 1. The molecule has 2 aromatic rings. The van der Waals surface area contributed by atoms with E-state index >= 15 is 0 Å². The van der Waals surface area contributed by atoms with Gasteiger partial charge in [0.2, 0.25) is 0 Å². The first-order valence-electron chi connectivity index (χ1n) is 6.94. The lowest BCUT2D eigenvalue weighted by molar-refractivity contribution is 0.598. The van der Waals surface area contributed by atoms with E-state index in [0.717, 1.165) is 18.6 Å². The van der Waals surface area contributed by atoms with E-state index in [2.05, 4.69) is 41.5 Å². The molecular formula is C16H22N2. The van der Waals surface area contributed by atoms with E-state index in [1.807, 2.05) is 12.3 Å². The lowest BCUT2D eigenvalue weighted by Gasteiger charge is -2.05. The maximum Gasteiger partial charge on any atom is 0.0702 e. The van der Waals surface area contributed by atoms with Crippen LogP contribution in [0, 0.1) is 0 Å². The van der Waals surface area contributed by atoms with Gasteiger partial charge in [0.25, 0.3) is 0 Å². The fourth-order valence-electron chi connectivity index (χ4n) is 2.12. The number of fused-ring (bicyclic) bond motifs is 1. The number of nitrogens with one attached hydrogen (secondary N) is 1. The first-order chi connectivity index (χ1) is 8.90. The van der Waals surface area contributed by atoms with Gasteiger partial charge in [-0.15, -0.1) is 0 Å². The van der Waals surface area contributed by atoms with Crippen molar-refractivity contribution in [3.05, 3.63) is 42.1 Å². The summed E-state index contributed by atoms with van der Waals surface area (Å²) in [4.78, 5) is 4.47. The number of rotatable bonds is 7. The van der Waals surface area contributed by atoms with Gasteiger partial charge in [-0.3, -0.25) is 4.98 Å². The molecule has 0 amide bonds. The Kier molecular flexibility index (Phi) is 5.15. The summed E-state index contributed by atoms with van der Waals surface area (Å²) in [6.45, 7) is 4.27. The largest absolute Gasteiger partial charge is 0.313 e. The van der Waals surface area contributed by atoms with Crippen molar-refractivity contribution in [2.24, 2.45) is 0 Å². The molecule has 0 atom stereocenters. The van der Waals surface area contributed by atoms with Crippen LogP contribution in [-0.2, 0) is 6.54 Å². The van der Waals surface area contributed by atoms with Gasteiger partial charge in [0.1, 0.15) is 0 Å². The minimum atomic E-state index is 0.921. The Hall–Kier alpha value is -1.41. The zero-order valence-electron chi connectivity index (χ0n) is 11.2. The summed E-state index contributed by atoms with van der Waals surface area (Å²) in [6, 6.07) is 10.5. The van der Waals surface area contributed by atoms with E-state index in [1.165, 1.54) is 36.6 Å². The first-order valence-corrected chi connectivity index (χ1v) is 6.94. The standard InChI is InChI=1S/C16H22N2/c1-2-3-4-7-10-17-12-14-11-15-8-5-6-9-16(15)18-13-14/h5-6,8-9,11,13,17H,2-4,7,10,12H2,1H3. The molecule has 0 spiro atoms. The molecule has 1 heterocycles. The molecule has 0 saturated heterocycles. The van der Waals surface area contributed by atoms with Crippen molar-refractivity contribution in [1.82, 2.24) is 10.3 Å². The Morgan fingerprint density at radius 1 is 1.11 bits per heavy atom. The molecule has 1 aromatic carbocycles. The number of para-hydroxylation sites is 1. The minimum absolute atomic E-state index is 0.921. The Labute approximate surface area is 109 Å². The van der Waals surface area contributed by atoms with Crippen LogP contribution < -0.4 is 5.32 Å². The lowest BCUT2D eigenvalue weighted by atomic mass is 10.1. The topological polar surface area (TPSA) is 24.9 Å². The highest BCUT2D eigenvalue weighted by Crippen LogP contribution is 2.12. The van der Waals surface area contributed by atoms with Gasteiger partial charge in [0.15, 0.2) is 0 Å². The molecule has 0 aliphatic rings.